The van der Waals surface area contributed by atoms with Gasteiger partial charge < -0.3 is 10.2 Å². The number of piperazine rings is 1. The van der Waals surface area contributed by atoms with E-state index >= 15 is 0 Å². The smallest absolute Gasteiger partial charge is 0.275 e. The number of carbonyl (C=O) groups is 1. The van der Waals surface area contributed by atoms with E-state index in [2.05, 4.69) is 12.2 Å². The van der Waals surface area contributed by atoms with Crippen molar-refractivity contribution in [1.29, 1.82) is 0 Å². The summed E-state index contributed by atoms with van der Waals surface area (Å²) >= 11 is 0. The normalized spacial score (nSPS) is 24.0. The zero-order chi connectivity index (χ0) is 21.1. The number of hydrogen-bond donors (Lipinski definition) is 2. The van der Waals surface area contributed by atoms with Gasteiger partial charge >= 0.3 is 0 Å². The number of fused-ring (bicyclic) bond motifs is 1. The zero-order valence-electron chi connectivity index (χ0n) is 17.6. The van der Waals surface area contributed by atoms with E-state index in [0.29, 0.717) is 49.6 Å². The van der Waals surface area contributed by atoms with Crippen LogP contribution in [0.1, 0.15) is 32.6 Å². The first kappa shape index (κ1) is 21.3. The minimum atomic E-state index is -3.52. The highest BCUT2D eigenvalue weighted by molar-refractivity contribution is 7.89. The summed E-state index contributed by atoms with van der Waals surface area (Å²) in [6.45, 7) is 4.83. The second-order valence-electron chi connectivity index (χ2n) is 8.78. The summed E-state index contributed by atoms with van der Waals surface area (Å²) in [7, 11) is -3.52. The van der Waals surface area contributed by atoms with Crippen molar-refractivity contribution in [3.05, 3.63) is 42.5 Å². The van der Waals surface area contributed by atoms with Crippen LogP contribution < -0.4 is 10.2 Å². The molecule has 1 saturated carbocycles. The summed E-state index contributed by atoms with van der Waals surface area (Å²) in [4.78, 5) is 14.0. The predicted molar refractivity (Wildman–Crippen MR) is 118 cm³/mol. The summed E-state index contributed by atoms with van der Waals surface area (Å²) in [5, 5.41) is 5.17. The molecule has 2 aliphatic rings. The number of benzene rings is 2. The summed E-state index contributed by atoms with van der Waals surface area (Å²) in [6, 6.07) is 13.4. The van der Waals surface area contributed by atoms with Crippen LogP contribution in [-0.2, 0) is 14.8 Å². The predicted octanol–water partition coefficient (Wildman–Crippen LogP) is 1.42. The van der Waals surface area contributed by atoms with Gasteiger partial charge in [-0.1, -0.05) is 50.1 Å². The molecule has 2 aromatic carbocycles. The average Bonchev–Trinajstić information content (AvgIpc) is 2.75. The Morgan fingerprint density at radius 3 is 2.50 bits per heavy atom. The molecule has 0 bridgehead atoms. The molecule has 1 aliphatic carbocycles. The van der Waals surface area contributed by atoms with Crippen molar-refractivity contribution < 1.29 is 18.1 Å². The Balaban J connectivity index is 1.33. The van der Waals surface area contributed by atoms with Crippen molar-refractivity contribution in [3.8, 4) is 0 Å². The monoisotopic (exact) mass is 430 g/mol. The van der Waals surface area contributed by atoms with Gasteiger partial charge in [-0.15, -0.1) is 0 Å². The summed E-state index contributed by atoms with van der Waals surface area (Å²) < 4.78 is 27.7. The zero-order valence-corrected chi connectivity index (χ0v) is 18.5. The second-order valence-corrected chi connectivity index (χ2v) is 10.7. The van der Waals surface area contributed by atoms with Gasteiger partial charge in [0.15, 0.2) is 6.54 Å². The molecule has 7 heteroatoms. The lowest BCUT2D eigenvalue weighted by atomic mass is 9.86. The summed E-state index contributed by atoms with van der Waals surface area (Å²) in [6.07, 6.45) is 4.70. The third kappa shape index (κ3) is 4.68. The van der Waals surface area contributed by atoms with Gasteiger partial charge in [-0.2, -0.15) is 4.31 Å². The molecule has 0 radical (unpaired) electrons. The van der Waals surface area contributed by atoms with Gasteiger partial charge in [-0.3, -0.25) is 4.79 Å². The average molecular weight is 431 g/mol. The highest BCUT2D eigenvalue weighted by atomic mass is 32.2. The number of rotatable bonds is 5. The van der Waals surface area contributed by atoms with Gasteiger partial charge in [0.2, 0.25) is 10.0 Å². The lowest BCUT2D eigenvalue weighted by Crippen LogP contribution is -3.15. The number of sulfonamides is 1. The van der Waals surface area contributed by atoms with Gasteiger partial charge in [0.05, 0.1) is 31.1 Å². The van der Waals surface area contributed by atoms with Crippen LogP contribution in [0.4, 0.5) is 0 Å². The molecule has 1 aliphatic heterocycles. The van der Waals surface area contributed by atoms with Crippen molar-refractivity contribution in [2.45, 2.75) is 43.5 Å². The van der Waals surface area contributed by atoms with Gasteiger partial charge in [0, 0.05) is 6.04 Å². The quantitative estimate of drug-likeness (QED) is 0.754. The molecular formula is C23H32N3O3S+. The largest absolute Gasteiger partial charge is 0.348 e. The topological polar surface area (TPSA) is 70.9 Å². The van der Waals surface area contributed by atoms with Crippen LogP contribution in [0.3, 0.4) is 0 Å². The van der Waals surface area contributed by atoms with Crippen LogP contribution in [0.2, 0.25) is 0 Å². The first-order valence-corrected chi connectivity index (χ1v) is 12.5. The minimum Gasteiger partial charge on any atom is -0.348 e. The van der Waals surface area contributed by atoms with Gasteiger partial charge in [-0.25, -0.2) is 8.42 Å². The molecule has 30 heavy (non-hydrogen) atoms. The van der Waals surface area contributed by atoms with Gasteiger partial charge in [-0.05, 0) is 41.7 Å². The Kier molecular flexibility index (Phi) is 6.41. The van der Waals surface area contributed by atoms with E-state index in [0.717, 1.165) is 22.1 Å². The Morgan fingerprint density at radius 2 is 1.77 bits per heavy atom. The first-order valence-electron chi connectivity index (χ1n) is 11.1. The second kappa shape index (κ2) is 9.04. The molecule has 1 saturated heterocycles. The number of nitrogens with one attached hydrogen (secondary N) is 2. The van der Waals surface area contributed by atoms with E-state index in [1.165, 1.54) is 19.3 Å². The first-order chi connectivity index (χ1) is 14.4. The standard InChI is InChI=1S/C23H31N3O3S/c1-18-6-2-5-9-22(18)24-23(27)17-25-12-14-26(15-13-25)30(28,29)21-11-10-19-7-3-4-8-20(19)16-21/h3-4,7-8,10-11,16,18,22H,2,5-6,9,12-15,17H2,1H3,(H,24,27)/p+1/t18-,22-/m0/s1. The molecule has 1 amide bonds. The van der Waals surface area contributed by atoms with Crippen LogP contribution in [0.5, 0.6) is 0 Å². The molecule has 4 rings (SSSR count). The highest BCUT2D eigenvalue weighted by Crippen LogP contribution is 2.24. The van der Waals surface area contributed by atoms with Gasteiger partial charge in [0.1, 0.15) is 0 Å². The van der Waals surface area contributed by atoms with Crippen LogP contribution in [0, 0.1) is 5.92 Å². The molecule has 2 aromatic rings. The van der Waals surface area contributed by atoms with Crippen molar-refractivity contribution in [1.82, 2.24) is 9.62 Å². The van der Waals surface area contributed by atoms with Crippen molar-refractivity contribution in [3.63, 3.8) is 0 Å². The third-order valence-electron chi connectivity index (χ3n) is 6.66. The van der Waals surface area contributed by atoms with E-state index < -0.39 is 10.0 Å². The number of carbonyl (C=O) groups excluding carboxylic acids is 1. The molecule has 0 spiro atoms. The maximum absolute atomic E-state index is 13.1. The number of quaternary nitrogens is 1. The Hall–Kier alpha value is -1.96. The minimum absolute atomic E-state index is 0.0922. The fourth-order valence-electron chi connectivity index (χ4n) is 4.71. The molecule has 6 nitrogen and oxygen atoms in total. The third-order valence-corrected chi connectivity index (χ3v) is 8.55. The molecule has 2 fully saturated rings. The fraction of sp³-hybridized carbons (Fsp3) is 0.522. The van der Waals surface area contributed by atoms with E-state index in [4.69, 9.17) is 0 Å². The fourth-order valence-corrected chi connectivity index (χ4v) is 6.19. The summed E-state index contributed by atoms with van der Waals surface area (Å²) in [5.74, 6) is 0.635. The molecular weight excluding hydrogens is 398 g/mol. The molecule has 0 unspecified atom stereocenters. The van der Waals surface area contributed by atoms with E-state index in [9.17, 15) is 13.2 Å². The van der Waals surface area contributed by atoms with Crippen LogP contribution in [0.25, 0.3) is 10.8 Å². The molecule has 2 atom stereocenters. The molecule has 2 N–H and O–H groups in total. The van der Waals surface area contributed by atoms with Crippen LogP contribution in [-0.4, -0.2) is 57.4 Å². The Morgan fingerprint density at radius 1 is 1.07 bits per heavy atom. The van der Waals surface area contributed by atoms with Crippen molar-refractivity contribution in [2.24, 2.45) is 5.92 Å². The van der Waals surface area contributed by atoms with E-state index in [1.807, 2.05) is 30.3 Å². The maximum Gasteiger partial charge on any atom is 0.275 e. The maximum atomic E-state index is 13.1. The SMILES string of the molecule is C[C@H]1CCCC[C@@H]1NC(=O)C[NH+]1CCN(S(=O)(=O)c2ccc3ccccc3c2)CC1. The number of amides is 1. The van der Waals surface area contributed by atoms with Gasteiger partial charge in [0.25, 0.3) is 5.91 Å². The van der Waals surface area contributed by atoms with Crippen molar-refractivity contribution >= 4 is 26.7 Å². The van der Waals surface area contributed by atoms with E-state index in [-0.39, 0.29) is 5.91 Å². The lowest BCUT2D eigenvalue weighted by Gasteiger charge is -2.33. The van der Waals surface area contributed by atoms with Crippen LogP contribution >= 0.6 is 0 Å². The Labute approximate surface area is 179 Å². The molecule has 162 valence electrons. The van der Waals surface area contributed by atoms with Crippen molar-refractivity contribution in [2.75, 3.05) is 32.7 Å². The summed E-state index contributed by atoms with van der Waals surface area (Å²) in [5.41, 5.74) is 0. The van der Waals surface area contributed by atoms with Crippen LogP contribution in [0.15, 0.2) is 47.4 Å². The molecule has 0 aromatic heterocycles. The van der Waals surface area contributed by atoms with E-state index in [1.54, 1.807) is 16.4 Å². The molecule has 1 heterocycles. The Bertz CT molecular complexity index is 1000. The number of hydrogen-bond acceptors (Lipinski definition) is 3. The lowest BCUT2D eigenvalue weighted by molar-refractivity contribution is -0.895. The number of nitrogens with zero attached hydrogens (tertiary/aromatic N) is 1. The highest BCUT2D eigenvalue weighted by Gasteiger charge is 2.32.